The summed E-state index contributed by atoms with van der Waals surface area (Å²) in [5.41, 5.74) is 2.73. The molecule has 0 saturated carbocycles. The van der Waals surface area contributed by atoms with Crippen molar-refractivity contribution in [2.45, 2.75) is 6.42 Å². The van der Waals surface area contributed by atoms with Gasteiger partial charge in [0.25, 0.3) is 0 Å². The van der Waals surface area contributed by atoms with E-state index >= 15 is 0 Å². The summed E-state index contributed by atoms with van der Waals surface area (Å²) in [6.45, 7) is 0. The van der Waals surface area contributed by atoms with E-state index in [-0.39, 0.29) is 0 Å². The molecule has 0 N–H and O–H groups in total. The molecule has 0 heterocycles. The molecule has 67 valence electrons. The molecule has 0 heteroatoms. The van der Waals surface area contributed by atoms with Crippen molar-refractivity contribution in [2.24, 2.45) is 0 Å². The Balaban J connectivity index is 2.20. The summed E-state index contributed by atoms with van der Waals surface area (Å²) in [5, 5.41) is 2.64. The Bertz CT molecular complexity index is 506. The van der Waals surface area contributed by atoms with E-state index in [1.54, 1.807) is 0 Å². The second-order valence-electron chi connectivity index (χ2n) is 3.66. The Labute approximate surface area is 83.9 Å². The lowest BCUT2D eigenvalue weighted by atomic mass is 9.91. The summed E-state index contributed by atoms with van der Waals surface area (Å²) >= 11 is 0. The van der Waals surface area contributed by atoms with E-state index in [2.05, 4.69) is 55.0 Å². The number of hydrogen-bond acceptors (Lipinski definition) is 0. The molecule has 14 heavy (non-hydrogen) atoms. The maximum Gasteiger partial charge on any atom is -0.00525 e. The maximum atomic E-state index is 2.27. The molecule has 3 rings (SSSR count). The van der Waals surface area contributed by atoms with E-state index in [4.69, 9.17) is 0 Å². The van der Waals surface area contributed by atoms with E-state index < -0.39 is 0 Å². The van der Waals surface area contributed by atoms with Gasteiger partial charge in [0.1, 0.15) is 0 Å². The fourth-order valence-electron chi connectivity index (χ4n) is 1.84. The van der Waals surface area contributed by atoms with Crippen molar-refractivity contribution in [1.82, 2.24) is 0 Å². The standard InChI is InChI=1S/C14H11/c1-2-5-13-10-14(11-6-3-7-11)9-8-12(13)4-1/h1-2,4-10H,3H2. The highest BCUT2D eigenvalue weighted by molar-refractivity contribution is 5.88. The van der Waals surface area contributed by atoms with Crippen LogP contribution in [0.5, 0.6) is 0 Å². The van der Waals surface area contributed by atoms with Crippen LogP contribution in [0.3, 0.4) is 0 Å². The molecule has 1 aliphatic rings. The molecule has 1 radical (unpaired) electrons. The number of benzene rings is 2. The van der Waals surface area contributed by atoms with Crippen LogP contribution in [0.25, 0.3) is 16.3 Å². The average molecular weight is 179 g/mol. The van der Waals surface area contributed by atoms with Crippen LogP contribution in [0, 0.1) is 6.42 Å². The molecule has 0 spiro atoms. The van der Waals surface area contributed by atoms with Gasteiger partial charge in [0.15, 0.2) is 0 Å². The highest BCUT2D eigenvalue weighted by Gasteiger charge is 2.08. The number of allylic oxidation sites excluding steroid dienone is 2. The summed E-state index contributed by atoms with van der Waals surface area (Å²) < 4.78 is 0. The summed E-state index contributed by atoms with van der Waals surface area (Å²) in [7, 11) is 0. The third-order valence-corrected chi connectivity index (χ3v) is 2.76. The first-order chi connectivity index (χ1) is 6.93. The Kier molecular flexibility index (Phi) is 1.66. The van der Waals surface area contributed by atoms with Crippen LogP contribution >= 0.6 is 0 Å². The van der Waals surface area contributed by atoms with E-state index in [0.717, 1.165) is 6.42 Å². The molecule has 1 aliphatic carbocycles. The quantitative estimate of drug-likeness (QED) is 0.624. The molecule has 0 unspecified atom stereocenters. The molecule has 0 atom stereocenters. The SMILES string of the molecule is [CH]1CC=C1c1ccc2ccccc2c1. The van der Waals surface area contributed by atoms with Gasteiger partial charge < -0.3 is 0 Å². The summed E-state index contributed by atoms with van der Waals surface area (Å²) in [6, 6.07) is 15.1. The predicted molar refractivity (Wildman–Crippen MR) is 60.8 cm³/mol. The van der Waals surface area contributed by atoms with Crippen molar-refractivity contribution in [3.05, 3.63) is 60.5 Å². The van der Waals surface area contributed by atoms with Gasteiger partial charge in [0, 0.05) is 0 Å². The Morgan fingerprint density at radius 1 is 0.857 bits per heavy atom. The molecule has 0 aromatic heterocycles. The second kappa shape index (κ2) is 2.98. The van der Waals surface area contributed by atoms with Gasteiger partial charge >= 0.3 is 0 Å². The van der Waals surface area contributed by atoms with Gasteiger partial charge in [-0.15, -0.1) is 0 Å². The summed E-state index contributed by atoms with van der Waals surface area (Å²) in [4.78, 5) is 0. The van der Waals surface area contributed by atoms with E-state index in [0.29, 0.717) is 0 Å². The van der Waals surface area contributed by atoms with Gasteiger partial charge in [0.2, 0.25) is 0 Å². The lowest BCUT2D eigenvalue weighted by Crippen LogP contribution is -1.93. The van der Waals surface area contributed by atoms with Crippen LogP contribution < -0.4 is 0 Å². The third kappa shape index (κ3) is 1.15. The van der Waals surface area contributed by atoms with Crippen LogP contribution in [-0.2, 0) is 0 Å². The van der Waals surface area contributed by atoms with Crippen molar-refractivity contribution in [3.8, 4) is 0 Å². The normalized spacial score (nSPS) is 15.0. The number of fused-ring (bicyclic) bond motifs is 1. The molecular formula is C14H11. The number of rotatable bonds is 1. The lowest BCUT2D eigenvalue weighted by Gasteiger charge is -2.14. The molecule has 0 aliphatic heterocycles. The average Bonchev–Trinajstić information content (AvgIpc) is 2.15. The molecule has 0 nitrogen and oxygen atoms in total. The fourth-order valence-corrected chi connectivity index (χ4v) is 1.84. The number of hydrogen-bond donors (Lipinski definition) is 0. The zero-order valence-corrected chi connectivity index (χ0v) is 7.90. The van der Waals surface area contributed by atoms with Gasteiger partial charge in [-0.05, 0) is 40.8 Å². The minimum absolute atomic E-state index is 1.13. The highest BCUT2D eigenvalue weighted by Crippen LogP contribution is 2.29. The highest BCUT2D eigenvalue weighted by atomic mass is 14.1. The van der Waals surface area contributed by atoms with Gasteiger partial charge in [-0.25, -0.2) is 0 Å². The fraction of sp³-hybridized carbons (Fsp3) is 0.0714. The largest absolute Gasteiger partial charge is 0.0798 e. The zero-order chi connectivity index (χ0) is 9.38. The molecular weight excluding hydrogens is 168 g/mol. The second-order valence-corrected chi connectivity index (χ2v) is 3.66. The third-order valence-electron chi connectivity index (χ3n) is 2.76. The Morgan fingerprint density at radius 3 is 2.36 bits per heavy atom. The monoisotopic (exact) mass is 179 g/mol. The van der Waals surface area contributed by atoms with Crippen molar-refractivity contribution in [3.63, 3.8) is 0 Å². The Hall–Kier alpha value is -1.56. The Morgan fingerprint density at radius 2 is 1.64 bits per heavy atom. The van der Waals surface area contributed by atoms with Gasteiger partial charge in [-0.2, -0.15) is 0 Å². The summed E-state index contributed by atoms with van der Waals surface area (Å²) in [6.07, 6.45) is 5.66. The van der Waals surface area contributed by atoms with Gasteiger partial charge in [-0.1, -0.05) is 42.5 Å². The van der Waals surface area contributed by atoms with E-state index in [1.165, 1.54) is 21.9 Å². The van der Waals surface area contributed by atoms with Crippen LogP contribution in [-0.4, -0.2) is 0 Å². The summed E-state index contributed by atoms with van der Waals surface area (Å²) in [5.74, 6) is 0. The van der Waals surface area contributed by atoms with Crippen LogP contribution in [0.1, 0.15) is 12.0 Å². The minimum Gasteiger partial charge on any atom is -0.0798 e. The van der Waals surface area contributed by atoms with Crippen LogP contribution in [0.15, 0.2) is 48.5 Å². The molecule has 2 aromatic carbocycles. The van der Waals surface area contributed by atoms with Crippen LogP contribution in [0.2, 0.25) is 0 Å². The van der Waals surface area contributed by atoms with Crippen molar-refractivity contribution in [2.75, 3.05) is 0 Å². The lowest BCUT2D eigenvalue weighted by molar-refractivity contribution is 1.21. The topological polar surface area (TPSA) is 0 Å². The van der Waals surface area contributed by atoms with Crippen molar-refractivity contribution >= 4 is 16.3 Å². The first-order valence-corrected chi connectivity index (χ1v) is 4.96. The van der Waals surface area contributed by atoms with Gasteiger partial charge in [0.05, 0.1) is 0 Å². The molecule has 0 amide bonds. The van der Waals surface area contributed by atoms with Gasteiger partial charge in [-0.3, -0.25) is 0 Å². The first kappa shape index (κ1) is 7.81. The van der Waals surface area contributed by atoms with Crippen molar-refractivity contribution < 1.29 is 0 Å². The van der Waals surface area contributed by atoms with E-state index in [9.17, 15) is 0 Å². The predicted octanol–water partition coefficient (Wildman–Crippen LogP) is 3.83. The smallest absolute Gasteiger partial charge is 0.00525 e. The van der Waals surface area contributed by atoms with Crippen LogP contribution in [0.4, 0.5) is 0 Å². The first-order valence-electron chi connectivity index (χ1n) is 4.96. The maximum absolute atomic E-state index is 2.27. The van der Waals surface area contributed by atoms with Crippen molar-refractivity contribution in [1.29, 1.82) is 0 Å². The van der Waals surface area contributed by atoms with E-state index in [1.807, 2.05) is 0 Å². The minimum atomic E-state index is 1.13. The molecule has 0 fully saturated rings. The molecule has 2 aromatic rings. The molecule has 0 bridgehead atoms. The molecule has 0 saturated heterocycles. The zero-order valence-electron chi connectivity index (χ0n) is 7.90.